The maximum absolute atomic E-state index is 12.0. The monoisotopic (exact) mass is 340 g/mol. The molecule has 4 heteroatoms. The highest BCUT2D eigenvalue weighted by Gasteiger charge is 2.30. The van der Waals surface area contributed by atoms with Crippen molar-refractivity contribution < 1.29 is 9.28 Å². The minimum absolute atomic E-state index is 0.167. The molecule has 1 fully saturated rings. The molecule has 1 aliphatic heterocycles. The Balaban J connectivity index is 2.02. The molecule has 0 atom stereocenters. The lowest BCUT2D eigenvalue weighted by molar-refractivity contribution is -0.913. The summed E-state index contributed by atoms with van der Waals surface area (Å²) in [5.74, 6) is 0. The standard InChI is InChI=1S/C20H42N3O/c1-5-6-7-8-9-10-11-12-13-14-17-23(4)18-15-22(16-19-23)20(24)21(2)3/h5-19H2,1-4H3/q+1. The van der Waals surface area contributed by atoms with Gasteiger partial charge in [-0.15, -0.1) is 0 Å². The quantitative estimate of drug-likeness (QED) is 0.405. The van der Waals surface area contributed by atoms with E-state index in [0.29, 0.717) is 0 Å². The van der Waals surface area contributed by atoms with Crippen LogP contribution in [0.3, 0.4) is 0 Å². The third kappa shape index (κ3) is 8.36. The number of urea groups is 1. The first kappa shape index (κ1) is 21.3. The van der Waals surface area contributed by atoms with Crippen LogP contribution in [0, 0.1) is 0 Å². The number of piperazine rings is 1. The molecule has 4 nitrogen and oxygen atoms in total. The van der Waals surface area contributed by atoms with Crippen molar-refractivity contribution in [1.82, 2.24) is 9.80 Å². The van der Waals surface area contributed by atoms with Gasteiger partial charge in [-0.1, -0.05) is 58.3 Å². The zero-order valence-electron chi connectivity index (χ0n) is 16.9. The summed E-state index contributed by atoms with van der Waals surface area (Å²) in [4.78, 5) is 15.7. The fourth-order valence-corrected chi connectivity index (χ4v) is 3.63. The Morgan fingerprint density at radius 2 is 1.33 bits per heavy atom. The third-order valence-corrected chi connectivity index (χ3v) is 5.52. The van der Waals surface area contributed by atoms with Gasteiger partial charge >= 0.3 is 6.03 Å². The highest BCUT2D eigenvalue weighted by atomic mass is 16.2. The van der Waals surface area contributed by atoms with Gasteiger partial charge in [-0.3, -0.25) is 0 Å². The van der Waals surface area contributed by atoms with Crippen LogP contribution in [0.5, 0.6) is 0 Å². The number of carbonyl (C=O) groups is 1. The molecule has 1 aliphatic rings. The molecule has 0 bridgehead atoms. The largest absolute Gasteiger partial charge is 0.331 e. The zero-order valence-corrected chi connectivity index (χ0v) is 16.9. The van der Waals surface area contributed by atoms with Crippen LogP contribution >= 0.6 is 0 Å². The molecule has 0 aromatic rings. The van der Waals surface area contributed by atoms with Crippen LogP contribution in [-0.2, 0) is 0 Å². The van der Waals surface area contributed by atoms with E-state index in [4.69, 9.17) is 0 Å². The molecule has 0 saturated carbocycles. The van der Waals surface area contributed by atoms with E-state index in [-0.39, 0.29) is 6.03 Å². The Hall–Kier alpha value is -0.770. The van der Waals surface area contributed by atoms with Gasteiger partial charge in [0, 0.05) is 14.1 Å². The van der Waals surface area contributed by atoms with Crippen molar-refractivity contribution in [1.29, 1.82) is 0 Å². The van der Waals surface area contributed by atoms with Crippen molar-refractivity contribution in [3.8, 4) is 0 Å². The molecule has 0 unspecified atom stereocenters. The summed E-state index contributed by atoms with van der Waals surface area (Å²) in [7, 11) is 6.05. The van der Waals surface area contributed by atoms with Gasteiger partial charge < -0.3 is 14.3 Å². The van der Waals surface area contributed by atoms with Crippen molar-refractivity contribution in [2.75, 3.05) is 53.9 Å². The lowest BCUT2D eigenvalue weighted by Crippen LogP contribution is -2.59. The second kappa shape index (κ2) is 11.7. The van der Waals surface area contributed by atoms with Crippen LogP contribution in [-0.4, -0.2) is 74.2 Å². The molecule has 0 aromatic heterocycles. The molecular formula is C20H42N3O+. The van der Waals surface area contributed by atoms with Crippen LogP contribution < -0.4 is 0 Å². The van der Waals surface area contributed by atoms with Crippen molar-refractivity contribution in [3.05, 3.63) is 0 Å². The highest BCUT2D eigenvalue weighted by Crippen LogP contribution is 2.15. The maximum Gasteiger partial charge on any atom is 0.319 e. The molecule has 1 saturated heterocycles. The first-order chi connectivity index (χ1) is 11.5. The van der Waals surface area contributed by atoms with Gasteiger partial charge in [-0.25, -0.2) is 4.79 Å². The van der Waals surface area contributed by atoms with Gasteiger partial charge in [0.15, 0.2) is 0 Å². The van der Waals surface area contributed by atoms with Crippen molar-refractivity contribution >= 4 is 6.03 Å². The molecule has 142 valence electrons. The molecule has 0 radical (unpaired) electrons. The molecule has 0 aliphatic carbocycles. The number of carbonyl (C=O) groups excluding carboxylic acids is 1. The van der Waals surface area contributed by atoms with E-state index in [1.165, 1.54) is 70.8 Å². The fourth-order valence-electron chi connectivity index (χ4n) is 3.63. The molecule has 2 amide bonds. The van der Waals surface area contributed by atoms with E-state index in [1.54, 1.807) is 4.90 Å². The Morgan fingerprint density at radius 1 is 0.875 bits per heavy atom. The molecule has 0 N–H and O–H groups in total. The molecular weight excluding hydrogens is 298 g/mol. The number of unbranched alkanes of at least 4 members (excludes halogenated alkanes) is 9. The van der Waals surface area contributed by atoms with Crippen molar-refractivity contribution in [2.24, 2.45) is 0 Å². The maximum atomic E-state index is 12.0. The summed E-state index contributed by atoms with van der Waals surface area (Å²) in [6.45, 7) is 7.59. The third-order valence-electron chi connectivity index (χ3n) is 5.52. The predicted octanol–water partition coefficient (Wildman–Crippen LogP) is 4.35. The first-order valence-electron chi connectivity index (χ1n) is 10.3. The van der Waals surface area contributed by atoms with Gasteiger partial charge in [-0.05, 0) is 12.8 Å². The van der Waals surface area contributed by atoms with Gasteiger partial charge in [-0.2, -0.15) is 0 Å². The SMILES string of the molecule is CCCCCCCCCCCC[N+]1(C)CCN(C(=O)N(C)C)CC1. The summed E-state index contributed by atoms with van der Waals surface area (Å²) >= 11 is 0. The van der Waals surface area contributed by atoms with Gasteiger partial charge in [0.1, 0.15) is 0 Å². The van der Waals surface area contributed by atoms with Gasteiger partial charge in [0.2, 0.25) is 0 Å². The molecule has 0 spiro atoms. The topological polar surface area (TPSA) is 23.6 Å². The summed E-state index contributed by atoms with van der Waals surface area (Å²) in [6, 6.07) is 0.167. The molecule has 0 aromatic carbocycles. The molecule has 24 heavy (non-hydrogen) atoms. The summed E-state index contributed by atoms with van der Waals surface area (Å²) in [5.41, 5.74) is 0. The molecule has 1 rings (SSSR count). The molecule has 1 heterocycles. The average molecular weight is 341 g/mol. The van der Waals surface area contributed by atoms with Gasteiger partial charge in [0.05, 0.1) is 39.8 Å². The zero-order chi connectivity index (χ0) is 17.8. The predicted molar refractivity (Wildman–Crippen MR) is 103 cm³/mol. The smallest absolute Gasteiger partial charge is 0.319 e. The summed E-state index contributed by atoms with van der Waals surface area (Å²) < 4.78 is 1.15. The minimum Gasteiger partial charge on any atom is -0.331 e. The van der Waals surface area contributed by atoms with E-state index < -0.39 is 0 Å². The van der Waals surface area contributed by atoms with E-state index in [1.807, 2.05) is 19.0 Å². The Bertz CT molecular complexity index is 336. The number of nitrogens with zero attached hydrogens (tertiary/aromatic N) is 3. The van der Waals surface area contributed by atoms with E-state index >= 15 is 0 Å². The average Bonchev–Trinajstić information content (AvgIpc) is 2.56. The second-order valence-corrected chi connectivity index (χ2v) is 8.14. The minimum atomic E-state index is 0.167. The number of amides is 2. The Morgan fingerprint density at radius 3 is 1.79 bits per heavy atom. The Kier molecular flexibility index (Phi) is 10.4. The van der Waals surface area contributed by atoms with E-state index in [9.17, 15) is 4.79 Å². The number of quaternary nitrogens is 1. The number of hydrogen-bond donors (Lipinski definition) is 0. The summed E-state index contributed by atoms with van der Waals surface area (Å²) in [5, 5.41) is 0. The van der Waals surface area contributed by atoms with Gasteiger partial charge in [0.25, 0.3) is 0 Å². The van der Waals surface area contributed by atoms with E-state index in [0.717, 1.165) is 30.7 Å². The lowest BCUT2D eigenvalue weighted by Gasteiger charge is -2.42. The Labute approximate surface area is 150 Å². The van der Waals surface area contributed by atoms with Crippen LogP contribution in [0.15, 0.2) is 0 Å². The van der Waals surface area contributed by atoms with Crippen LogP contribution in [0.2, 0.25) is 0 Å². The van der Waals surface area contributed by atoms with Crippen molar-refractivity contribution in [3.63, 3.8) is 0 Å². The number of hydrogen-bond acceptors (Lipinski definition) is 1. The van der Waals surface area contributed by atoms with Crippen molar-refractivity contribution in [2.45, 2.75) is 71.1 Å². The highest BCUT2D eigenvalue weighted by molar-refractivity contribution is 5.73. The lowest BCUT2D eigenvalue weighted by atomic mass is 10.1. The van der Waals surface area contributed by atoms with Crippen LogP contribution in [0.1, 0.15) is 71.1 Å². The first-order valence-corrected chi connectivity index (χ1v) is 10.3. The van der Waals surface area contributed by atoms with Crippen LogP contribution in [0.25, 0.3) is 0 Å². The normalized spacial score (nSPS) is 17.1. The van der Waals surface area contributed by atoms with E-state index in [2.05, 4.69) is 14.0 Å². The van der Waals surface area contributed by atoms with Crippen LogP contribution in [0.4, 0.5) is 4.79 Å². The second-order valence-electron chi connectivity index (χ2n) is 8.14. The number of likely N-dealkylation sites (N-methyl/N-ethyl adjacent to an activating group) is 1. The fraction of sp³-hybridized carbons (Fsp3) is 0.950. The number of rotatable bonds is 11. The summed E-state index contributed by atoms with van der Waals surface area (Å²) in [6.07, 6.45) is 14.0.